The third kappa shape index (κ3) is 7.14. The van der Waals surface area contributed by atoms with Crippen molar-refractivity contribution in [3.05, 3.63) is 100 Å². The van der Waals surface area contributed by atoms with Crippen molar-refractivity contribution in [3.8, 4) is 0 Å². The zero-order chi connectivity index (χ0) is 30.9. The molecule has 3 atom stereocenters. The minimum Gasteiger partial charge on any atom is -0.374 e. The number of amides is 1. The van der Waals surface area contributed by atoms with Crippen LogP contribution in [-0.4, -0.2) is 46.4 Å². The third-order valence-electron chi connectivity index (χ3n) is 8.82. The summed E-state index contributed by atoms with van der Waals surface area (Å²) in [5.74, 6) is -3.83. The standard InChI is InChI=1S/C35H42F3N3O2/c1-23-8-5-12-29(36)30(23)33(43)41-18-7-11-28(32(42)39-27-10-6-9-26(20-27)34(2,3)4)31(41)25-15-13-24(14-16-25)21-40-19-17-35(37,38)22-40/h5-6,8-10,12-16,20,28,31,33,43H,7,11,17-19,21-22H2,1-4H3,(H,39,42)/t28-,31-,33-/m0/s1. The minimum absolute atomic E-state index is 0.0840. The molecule has 3 aromatic rings. The van der Waals surface area contributed by atoms with Crippen molar-refractivity contribution in [2.75, 3.05) is 25.0 Å². The second-order valence-corrected chi connectivity index (χ2v) is 13.2. The van der Waals surface area contributed by atoms with Crippen molar-refractivity contribution >= 4 is 11.6 Å². The quantitative estimate of drug-likeness (QED) is 0.301. The second-order valence-electron chi connectivity index (χ2n) is 13.2. The fourth-order valence-corrected chi connectivity index (χ4v) is 6.45. The Balaban J connectivity index is 1.45. The molecule has 43 heavy (non-hydrogen) atoms. The lowest BCUT2D eigenvalue weighted by atomic mass is 9.82. The Morgan fingerprint density at radius 1 is 1.07 bits per heavy atom. The number of nitrogens with zero attached hydrogens (tertiary/aromatic N) is 2. The molecule has 3 aromatic carbocycles. The van der Waals surface area contributed by atoms with Crippen LogP contribution in [0.15, 0.2) is 66.7 Å². The maximum absolute atomic E-state index is 15.0. The number of piperidine rings is 1. The Morgan fingerprint density at radius 3 is 2.44 bits per heavy atom. The van der Waals surface area contributed by atoms with E-state index >= 15 is 4.39 Å². The number of hydrogen-bond donors (Lipinski definition) is 2. The van der Waals surface area contributed by atoms with Crippen molar-refractivity contribution in [1.82, 2.24) is 9.80 Å². The summed E-state index contributed by atoms with van der Waals surface area (Å²) in [7, 11) is 0. The third-order valence-corrected chi connectivity index (χ3v) is 8.82. The van der Waals surface area contributed by atoms with Crippen LogP contribution in [0.1, 0.15) is 80.1 Å². The van der Waals surface area contributed by atoms with E-state index in [9.17, 15) is 18.7 Å². The Labute approximate surface area is 252 Å². The van der Waals surface area contributed by atoms with E-state index in [0.717, 1.165) is 16.7 Å². The topological polar surface area (TPSA) is 55.8 Å². The first-order valence-corrected chi connectivity index (χ1v) is 15.1. The maximum atomic E-state index is 15.0. The lowest BCUT2D eigenvalue weighted by molar-refractivity contribution is -0.128. The van der Waals surface area contributed by atoms with Gasteiger partial charge in [-0.25, -0.2) is 13.2 Å². The molecule has 8 heteroatoms. The van der Waals surface area contributed by atoms with Gasteiger partial charge in [0.2, 0.25) is 5.91 Å². The molecule has 0 radical (unpaired) electrons. The Morgan fingerprint density at radius 2 is 1.79 bits per heavy atom. The van der Waals surface area contributed by atoms with Gasteiger partial charge in [0.25, 0.3) is 5.92 Å². The molecule has 5 rings (SSSR count). The highest BCUT2D eigenvalue weighted by atomic mass is 19.3. The largest absolute Gasteiger partial charge is 0.374 e. The molecular formula is C35H42F3N3O2. The number of halogens is 3. The lowest BCUT2D eigenvalue weighted by Crippen LogP contribution is -2.45. The van der Waals surface area contributed by atoms with Gasteiger partial charge in [-0.2, -0.15) is 0 Å². The van der Waals surface area contributed by atoms with Crippen LogP contribution in [0.2, 0.25) is 0 Å². The van der Waals surface area contributed by atoms with Gasteiger partial charge in [-0.15, -0.1) is 0 Å². The van der Waals surface area contributed by atoms with Gasteiger partial charge < -0.3 is 10.4 Å². The van der Waals surface area contributed by atoms with Crippen molar-refractivity contribution < 1.29 is 23.1 Å². The zero-order valence-corrected chi connectivity index (χ0v) is 25.4. The molecule has 2 heterocycles. The highest BCUT2D eigenvalue weighted by Gasteiger charge is 2.41. The molecule has 2 aliphatic rings. The number of benzene rings is 3. The molecule has 0 bridgehead atoms. The minimum atomic E-state index is -2.66. The highest BCUT2D eigenvalue weighted by molar-refractivity contribution is 5.93. The van der Waals surface area contributed by atoms with E-state index in [4.69, 9.17) is 0 Å². The summed E-state index contributed by atoms with van der Waals surface area (Å²) in [5.41, 5.74) is 4.27. The first-order chi connectivity index (χ1) is 20.3. The van der Waals surface area contributed by atoms with Crippen LogP contribution in [0.25, 0.3) is 0 Å². The van der Waals surface area contributed by atoms with Gasteiger partial charge in [0.05, 0.1) is 12.5 Å². The molecule has 0 unspecified atom stereocenters. The lowest BCUT2D eigenvalue weighted by Gasteiger charge is -2.43. The summed E-state index contributed by atoms with van der Waals surface area (Å²) in [4.78, 5) is 17.5. The molecule has 2 aliphatic heterocycles. The summed E-state index contributed by atoms with van der Waals surface area (Å²) < 4.78 is 42.5. The summed E-state index contributed by atoms with van der Waals surface area (Å²) >= 11 is 0. The SMILES string of the molecule is Cc1cccc(F)c1[C@H](O)N1CCC[C@H](C(=O)Nc2cccc(C(C)(C)C)c2)[C@@H]1c1ccc(CN2CCC(F)(F)C2)cc1. The van der Waals surface area contributed by atoms with Crippen LogP contribution in [0.3, 0.4) is 0 Å². The van der Waals surface area contributed by atoms with Gasteiger partial charge in [0.1, 0.15) is 12.0 Å². The van der Waals surface area contributed by atoms with E-state index in [1.807, 2.05) is 53.4 Å². The predicted octanol–water partition coefficient (Wildman–Crippen LogP) is 7.36. The van der Waals surface area contributed by atoms with Crippen molar-refractivity contribution in [1.29, 1.82) is 0 Å². The number of aliphatic hydroxyl groups excluding tert-OH is 1. The Hall–Kier alpha value is -3.20. The second kappa shape index (κ2) is 12.4. The van der Waals surface area contributed by atoms with E-state index in [0.29, 0.717) is 43.7 Å². The fraction of sp³-hybridized carbons (Fsp3) is 0.457. The summed E-state index contributed by atoms with van der Waals surface area (Å²) in [6.45, 7) is 9.11. The van der Waals surface area contributed by atoms with Gasteiger partial charge in [-0.3, -0.25) is 14.6 Å². The van der Waals surface area contributed by atoms with Crippen LogP contribution >= 0.6 is 0 Å². The van der Waals surface area contributed by atoms with Crippen LogP contribution < -0.4 is 5.32 Å². The van der Waals surface area contributed by atoms with Crippen LogP contribution in [-0.2, 0) is 16.8 Å². The first-order valence-electron chi connectivity index (χ1n) is 15.1. The number of rotatable bonds is 7. The number of aryl methyl sites for hydroxylation is 1. The number of aliphatic hydroxyl groups is 1. The smallest absolute Gasteiger partial charge is 0.261 e. The molecule has 0 aromatic heterocycles. The number of carbonyl (C=O) groups is 1. The molecule has 5 nitrogen and oxygen atoms in total. The summed E-state index contributed by atoms with van der Waals surface area (Å²) in [6, 6.07) is 19.7. The number of nitrogens with one attached hydrogen (secondary N) is 1. The summed E-state index contributed by atoms with van der Waals surface area (Å²) in [5, 5.41) is 14.7. The monoisotopic (exact) mass is 593 g/mol. The van der Waals surface area contributed by atoms with Crippen molar-refractivity contribution in [2.45, 2.75) is 77.1 Å². The average Bonchev–Trinajstić information content (AvgIpc) is 3.30. The van der Waals surface area contributed by atoms with E-state index < -0.39 is 29.9 Å². The normalized spacial score (nSPS) is 22.0. The van der Waals surface area contributed by atoms with E-state index in [1.165, 1.54) is 6.07 Å². The van der Waals surface area contributed by atoms with Crippen LogP contribution in [0, 0.1) is 18.7 Å². The van der Waals surface area contributed by atoms with Crippen LogP contribution in [0.4, 0.5) is 18.9 Å². The Kier molecular flexibility index (Phi) is 9.02. The number of hydrogen-bond acceptors (Lipinski definition) is 4. The van der Waals surface area contributed by atoms with Crippen molar-refractivity contribution in [3.63, 3.8) is 0 Å². The van der Waals surface area contributed by atoms with E-state index in [1.54, 1.807) is 24.0 Å². The summed E-state index contributed by atoms with van der Waals surface area (Å²) in [6.07, 6.45) is -0.134. The van der Waals surface area contributed by atoms with Gasteiger partial charge in [-0.1, -0.05) is 69.3 Å². The molecule has 230 valence electrons. The van der Waals surface area contributed by atoms with Gasteiger partial charge in [0, 0.05) is 43.3 Å². The number of likely N-dealkylation sites (tertiary alicyclic amines) is 2. The Bertz CT molecular complexity index is 1420. The highest BCUT2D eigenvalue weighted by Crippen LogP contribution is 2.42. The van der Waals surface area contributed by atoms with Gasteiger partial charge >= 0.3 is 0 Å². The van der Waals surface area contributed by atoms with E-state index in [2.05, 4.69) is 26.1 Å². The fourth-order valence-electron chi connectivity index (χ4n) is 6.45. The maximum Gasteiger partial charge on any atom is 0.261 e. The van der Waals surface area contributed by atoms with Crippen LogP contribution in [0.5, 0.6) is 0 Å². The zero-order valence-electron chi connectivity index (χ0n) is 25.4. The number of carbonyl (C=O) groups excluding carboxylic acids is 1. The van der Waals surface area contributed by atoms with Crippen molar-refractivity contribution in [2.24, 2.45) is 5.92 Å². The molecule has 0 aliphatic carbocycles. The molecular weight excluding hydrogens is 551 g/mol. The molecule has 1 amide bonds. The number of alkyl halides is 2. The predicted molar refractivity (Wildman–Crippen MR) is 163 cm³/mol. The number of anilines is 1. The van der Waals surface area contributed by atoms with Gasteiger partial charge in [0.15, 0.2) is 0 Å². The first kappa shape index (κ1) is 31.2. The van der Waals surface area contributed by atoms with E-state index in [-0.39, 0.29) is 29.9 Å². The average molecular weight is 594 g/mol. The molecule has 2 fully saturated rings. The van der Waals surface area contributed by atoms with Gasteiger partial charge in [-0.05, 0) is 65.6 Å². The molecule has 2 N–H and O–H groups in total. The molecule has 0 saturated carbocycles. The molecule has 2 saturated heterocycles. The molecule has 0 spiro atoms.